The molecule has 0 saturated carbocycles. The third-order valence-corrected chi connectivity index (χ3v) is 4.41. The zero-order chi connectivity index (χ0) is 15.5. The fraction of sp³-hybridized carbons (Fsp3) is 0.625. The summed E-state index contributed by atoms with van der Waals surface area (Å²) in [6.45, 7) is 3.75. The molecule has 0 radical (unpaired) electrons. The summed E-state index contributed by atoms with van der Waals surface area (Å²) in [7, 11) is 0. The zero-order valence-corrected chi connectivity index (χ0v) is 12.4. The van der Waals surface area contributed by atoms with E-state index in [2.05, 4.69) is 11.8 Å². The summed E-state index contributed by atoms with van der Waals surface area (Å²) >= 11 is 0. The molecule has 1 aliphatic heterocycles. The van der Waals surface area contributed by atoms with Gasteiger partial charge >= 0.3 is 6.18 Å². The maximum atomic E-state index is 13.1. The topological polar surface area (TPSA) is 29.3 Å². The predicted molar refractivity (Wildman–Crippen MR) is 79.2 cm³/mol. The number of halogens is 3. The summed E-state index contributed by atoms with van der Waals surface area (Å²) in [5.41, 5.74) is 5.65. The smallest absolute Gasteiger partial charge is 0.372 e. The van der Waals surface area contributed by atoms with E-state index in [-0.39, 0.29) is 12.1 Å². The van der Waals surface area contributed by atoms with Crippen LogP contribution >= 0.6 is 0 Å². The highest BCUT2D eigenvalue weighted by Crippen LogP contribution is 2.35. The number of hydrogen-bond acceptors (Lipinski definition) is 2. The maximum absolute atomic E-state index is 13.1. The SMILES string of the molecule is CCC1CCCN(c2ccc(CN)c(C(F)(F)F)c2)CC1. The second-order valence-electron chi connectivity index (χ2n) is 5.74. The van der Waals surface area contributed by atoms with Gasteiger partial charge in [-0.1, -0.05) is 19.4 Å². The third kappa shape index (κ3) is 3.90. The molecule has 0 amide bonds. The third-order valence-electron chi connectivity index (χ3n) is 4.41. The van der Waals surface area contributed by atoms with Crippen LogP contribution in [0.5, 0.6) is 0 Å². The number of benzene rings is 1. The van der Waals surface area contributed by atoms with Gasteiger partial charge in [-0.15, -0.1) is 0 Å². The van der Waals surface area contributed by atoms with Gasteiger partial charge in [0.15, 0.2) is 0 Å². The highest BCUT2D eigenvalue weighted by molar-refractivity contribution is 5.52. The van der Waals surface area contributed by atoms with Crippen molar-refractivity contribution >= 4 is 5.69 Å². The molecule has 1 fully saturated rings. The van der Waals surface area contributed by atoms with E-state index in [1.165, 1.54) is 18.6 Å². The van der Waals surface area contributed by atoms with Crippen molar-refractivity contribution in [1.29, 1.82) is 0 Å². The lowest BCUT2D eigenvalue weighted by atomic mass is 9.98. The monoisotopic (exact) mass is 300 g/mol. The summed E-state index contributed by atoms with van der Waals surface area (Å²) in [4.78, 5) is 2.07. The molecule has 2 N–H and O–H groups in total. The van der Waals surface area contributed by atoms with Crippen molar-refractivity contribution in [3.05, 3.63) is 29.3 Å². The van der Waals surface area contributed by atoms with Gasteiger partial charge in [0, 0.05) is 25.3 Å². The molecule has 2 rings (SSSR count). The molecule has 0 aliphatic carbocycles. The van der Waals surface area contributed by atoms with Crippen molar-refractivity contribution < 1.29 is 13.2 Å². The molecule has 5 heteroatoms. The van der Waals surface area contributed by atoms with Gasteiger partial charge in [0.05, 0.1) is 5.56 Å². The molecule has 1 aliphatic rings. The normalized spacial score (nSPS) is 20.4. The molecule has 0 spiro atoms. The van der Waals surface area contributed by atoms with Crippen molar-refractivity contribution in [3.63, 3.8) is 0 Å². The lowest BCUT2D eigenvalue weighted by molar-refractivity contribution is -0.138. The van der Waals surface area contributed by atoms with Gasteiger partial charge in [0.2, 0.25) is 0 Å². The molecule has 1 atom stereocenters. The van der Waals surface area contributed by atoms with Crippen LogP contribution < -0.4 is 10.6 Å². The highest BCUT2D eigenvalue weighted by Gasteiger charge is 2.33. The molecule has 0 aromatic heterocycles. The lowest BCUT2D eigenvalue weighted by Crippen LogP contribution is -2.25. The Labute approximate surface area is 124 Å². The first-order valence-electron chi connectivity index (χ1n) is 7.60. The van der Waals surface area contributed by atoms with Crippen LogP contribution in [-0.2, 0) is 12.7 Å². The standard InChI is InChI=1S/C16H23F3N2/c1-2-12-4-3-8-21(9-7-12)14-6-5-13(11-20)15(10-14)16(17,18)19/h5-6,10,12H,2-4,7-9,11,20H2,1H3. The molecule has 1 aromatic carbocycles. The van der Waals surface area contributed by atoms with E-state index in [1.54, 1.807) is 6.07 Å². The molecule has 1 unspecified atom stereocenters. The van der Waals surface area contributed by atoms with Gasteiger partial charge in [-0.25, -0.2) is 0 Å². The summed E-state index contributed by atoms with van der Waals surface area (Å²) in [6, 6.07) is 4.54. The first-order valence-corrected chi connectivity index (χ1v) is 7.60. The molecule has 21 heavy (non-hydrogen) atoms. The van der Waals surface area contributed by atoms with E-state index < -0.39 is 11.7 Å². The average molecular weight is 300 g/mol. The van der Waals surface area contributed by atoms with Crippen molar-refractivity contribution in [2.45, 2.75) is 45.3 Å². The second-order valence-corrected chi connectivity index (χ2v) is 5.74. The quantitative estimate of drug-likeness (QED) is 0.907. The van der Waals surface area contributed by atoms with Gasteiger partial charge < -0.3 is 10.6 Å². The Morgan fingerprint density at radius 3 is 2.62 bits per heavy atom. The molecule has 0 bridgehead atoms. The summed E-state index contributed by atoms with van der Waals surface area (Å²) in [6.07, 6.45) is 0.0608. The fourth-order valence-electron chi connectivity index (χ4n) is 3.03. The second kappa shape index (κ2) is 6.69. The number of alkyl halides is 3. The molecule has 1 aromatic rings. The Bertz CT molecular complexity index is 471. The van der Waals surface area contributed by atoms with Gasteiger partial charge in [-0.2, -0.15) is 13.2 Å². The van der Waals surface area contributed by atoms with Crippen molar-refractivity contribution in [2.24, 2.45) is 11.7 Å². The van der Waals surface area contributed by atoms with E-state index >= 15 is 0 Å². The minimum atomic E-state index is -4.34. The van der Waals surface area contributed by atoms with E-state index in [1.807, 2.05) is 0 Å². The van der Waals surface area contributed by atoms with Crippen LogP contribution in [-0.4, -0.2) is 13.1 Å². The average Bonchev–Trinajstić information content (AvgIpc) is 2.71. The van der Waals surface area contributed by atoms with Crippen LogP contribution in [0.3, 0.4) is 0 Å². The number of nitrogens with two attached hydrogens (primary N) is 1. The minimum Gasteiger partial charge on any atom is -0.372 e. The number of rotatable bonds is 3. The molecule has 1 saturated heterocycles. The van der Waals surface area contributed by atoms with E-state index in [9.17, 15) is 13.2 Å². The first kappa shape index (κ1) is 16.1. The first-order chi connectivity index (χ1) is 9.95. The van der Waals surface area contributed by atoms with Crippen molar-refractivity contribution in [3.8, 4) is 0 Å². The van der Waals surface area contributed by atoms with Gasteiger partial charge in [0.25, 0.3) is 0 Å². The zero-order valence-electron chi connectivity index (χ0n) is 12.4. The van der Waals surface area contributed by atoms with E-state index in [0.29, 0.717) is 11.6 Å². The minimum absolute atomic E-state index is 0.0902. The Kier molecular flexibility index (Phi) is 5.14. The van der Waals surface area contributed by atoms with Crippen LogP contribution in [0.4, 0.5) is 18.9 Å². The van der Waals surface area contributed by atoms with Crippen LogP contribution in [0.1, 0.15) is 43.7 Å². The molecule has 1 heterocycles. The summed E-state index contributed by atoms with van der Waals surface area (Å²) in [5.74, 6) is 0.695. The molecular formula is C16H23F3N2. The largest absolute Gasteiger partial charge is 0.416 e. The van der Waals surface area contributed by atoms with E-state index in [0.717, 1.165) is 32.4 Å². The Morgan fingerprint density at radius 1 is 1.24 bits per heavy atom. The van der Waals surface area contributed by atoms with Crippen LogP contribution in [0.15, 0.2) is 18.2 Å². The molecule has 2 nitrogen and oxygen atoms in total. The maximum Gasteiger partial charge on any atom is 0.416 e. The fourth-order valence-corrected chi connectivity index (χ4v) is 3.03. The van der Waals surface area contributed by atoms with Crippen molar-refractivity contribution in [2.75, 3.05) is 18.0 Å². The predicted octanol–water partition coefficient (Wildman–Crippen LogP) is 4.18. The van der Waals surface area contributed by atoms with Crippen LogP contribution in [0.2, 0.25) is 0 Å². The van der Waals surface area contributed by atoms with Crippen LogP contribution in [0, 0.1) is 5.92 Å². The van der Waals surface area contributed by atoms with Gasteiger partial charge in [-0.05, 0) is 42.9 Å². The molecular weight excluding hydrogens is 277 g/mol. The van der Waals surface area contributed by atoms with Gasteiger partial charge in [0.1, 0.15) is 0 Å². The molecule has 118 valence electrons. The number of anilines is 1. The number of nitrogens with zero attached hydrogens (tertiary/aromatic N) is 1. The number of hydrogen-bond donors (Lipinski definition) is 1. The van der Waals surface area contributed by atoms with Crippen LogP contribution in [0.25, 0.3) is 0 Å². The lowest BCUT2D eigenvalue weighted by Gasteiger charge is -2.25. The summed E-state index contributed by atoms with van der Waals surface area (Å²) in [5, 5.41) is 0. The van der Waals surface area contributed by atoms with E-state index in [4.69, 9.17) is 5.73 Å². The Morgan fingerprint density at radius 2 is 2.00 bits per heavy atom. The Balaban J connectivity index is 2.24. The Hall–Kier alpha value is -1.23. The highest BCUT2D eigenvalue weighted by atomic mass is 19.4. The van der Waals surface area contributed by atoms with Gasteiger partial charge in [-0.3, -0.25) is 0 Å². The summed E-state index contributed by atoms with van der Waals surface area (Å²) < 4.78 is 39.3. The van der Waals surface area contributed by atoms with Crippen molar-refractivity contribution in [1.82, 2.24) is 0 Å².